The second-order valence-electron chi connectivity index (χ2n) is 8.81. The van der Waals surface area contributed by atoms with Crippen LogP contribution in [-0.2, 0) is 16.1 Å². The minimum Gasteiger partial charge on any atom is -0.463 e. The molecule has 190 valence electrons. The summed E-state index contributed by atoms with van der Waals surface area (Å²) in [5, 5.41) is 31.5. The number of carbonyl (C=O) groups is 1. The lowest BCUT2D eigenvalue weighted by molar-refractivity contribution is -0.152. The Labute approximate surface area is 201 Å². The zero-order chi connectivity index (χ0) is 25.7. The summed E-state index contributed by atoms with van der Waals surface area (Å²) in [7, 11) is 0. The molecule has 0 radical (unpaired) electrons. The van der Waals surface area contributed by atoms with E-state index in [9.17, 15) is 29.7 Å². The fourth-order valence-electron chi connectivity index (χ4n) is 3.83. The lowest BCUT2D eigenvalue weighted by Crippen LogP contribution is -2.43. The third-order valence-electron chi connectivity index (χ3n) is 6.03. The van der Waals surface area contributed by atoms with Crippen LogP contribution in [0.15, 0.2) is 21.7 Å². The molecule has 0 aliphatic carbocycles. The van der Waals surface area contributed by atoms with Crippen LogP contribution in [-0.4, -0.2) is 65.7 Å². The number of benzene rings is 1. The van der Waals surface area contributed by atoms with Crippen LogP contribution < -0.4 is 11.2 Å². The van der Waals surface area contributed by atoms with E-state index in [4.69, 9.17) is 4.74 Å². The van der Waals surface area contributed by atoms with Crippen molar-refractivity contribution < 1.29 is 24.9 Å². The van der Waals surface area contributed by atoms with Crippen LogP contribution in [0.1, 0.15) is 50.2 Å². The van der Waals surface area contributed by atoms with Crippen molar-refractivity contribution in [3.63, 3.8) is 0 Å². The van der Waals surface area contributed by atoms with Gasteiger partial charge in [-0.05, 0) is 43.5 Å². The van der Waals surface area contributed by atoms with Gasteiger partial charge in [0.1, 0.15) is 24.9 Å². The van der Waals surface area contributed by atoms with Crippen molar-refractivity contribution in [3.05, 3.63) is 44.1 Å². The lowest BCUT2D eigenvalue weighted by atomic mass is 10.1. The summed E-state index contributed by atoms with van der Waals surface area (Å²) in [6.07, 6.45) is -0.895. The van der Waals surface area contributed by atoms with Gasteiger partial charge in [0.2, 0.25) is 0 Å². The maximum atomic E-state index is 12.4. The molecule has 1 aromatic rings. The smallest absolute Gasteiger partial charge is 0.349 e. The molecule has 4 N–H and O–H groups in total. The van der Waals surface area contributed by atoms with Crippen molar-refractivity contribution in [2.75, 3.05) is 6.61 Å². The Hall–Kier alpha value is -3.15. The summed E-state index contributed by atoms with van der Waals surface area (Å²) in [5.41, 5.74) is 1.05. The molecular formula is C24H32N4O7. The molecular weight excluding hydrogens is 456 g/mol. The molecule has 0 spiro atoms. The van der Waals surface area contributed by atoms with E-state index in [2.05, 4.69) is 21.9 Å². The Kier molecular flexibility index (Phi) is 8.71. The first kappa shape index (κ1) is 26.5. The highest BCUT2D eigenvalue weighted by molar-refractivity contribution is 5.81. The fraction of sp³-hybridized carbons (Fsp3) is 0.542. The Bertz CT molecular complexity index is 1270. The van der Waals surface area contributed by atoms with Crippen LogP contribution in [0.2, 0.25) is 0 Å². The first-order chi connectivity index (χ1) is 16.6. The van der Waals surface area contributed by atoms with Crippen LogP contribution in [0.25, 0.3) is 22.6 Å². The Balaban J connectivity index is 1.82. The predicted molar refractivity (Wildman–Crippen MR) is 128 cm³/mol. The van der Waals surface area contributed by atoms with E-state index in [1.807, 2.05) is 13.8 Å². The van der Waals surface area contributed by atoms with Gasteiger partial charge in [-0.1, -0.05) is 26.2 Å². The second-order valence-corrected chi connectivity index (χ2v) is 8.81. The summed E-state index contributed by atoms with van der Waals surface area (Å²) in [6, 6.07) is 3.54. The number of nitrogens with one attached hydrogen (secondary N) is 1. The molecule has 0 fully saturated rings. The van der Waals surface area contributed by atoms with Crippen LogP contribution in [0.4, 0.5) is 0 Å². The number of aromatic amines is 1. The largest absolute Gasteiger partial charge is 0.463 e. The molecule has 0 amide bonds. The molecule has 0 saturated carbocycles. The summed E-state index contributed by atoms with van der Waals surface area (Å²) in [4.78, 5) is 46.4. The highest BCUT2D eigenvalue weighted by Gasteiger charge is 2.28. The van der Waals surface area contributed by atoms with Gasteiger partial charge in [0.05, 0.1) is 17.6 Å². The molecule has 35 heavy (non-hydrogen) atoms. The molecule has 1 aromatic carbocycles. The summed E-state index contributed by atoms with van der Waals surface area (Å²) in [5.74, 6) is -0.548. The number of esters is 1. The maximum Gasteiger partial charge on any atom is 0.349 e. The number of aliphatic hydroxyl groups is 3. The van der Waals surface area contributed by atoms with Crippen molar-refractivity contribution in [2.45, 2.75) is 77.7 Å². The van der Waals surface area contributed by atoms with Gasteiger partial charge in [-0.15, -0.1) is 0 Å². The fourth-order valence-corrected chi connectivity index (χ4v) is 3.83. The third-order valence-corrected chi connectivity index (χ3v) is 6.03. The zero-order valence-corrected chi connectivity index (χ0v) is 20.2. The molecule has 2 aliphatic heterocycles. The average Bonchev–Trinajstić information content (AvgIpc) is 2.81. The Morgan fingerprint density at radius 2 is 1.77 bits per heavy atom. The van der Waals surface area contributed by atoms with E-state index in [0.717, 1.165) is 30.4 Å². The first-order valence-corrected chi connectivity index (χ1v) is 11.7. The van der Waals surface area contributed by atoms with Crippen LogP contribution >= 0.6 is 0 Å². The van der Waals surface area contributed by atoms with E-state index in [-0.39, 0.29) is 24.5 Å². The molecule has 2 heterocycles. The van der Waals surface area contributed by atoms with E-state index >= 15 is 0 Å². The highest BCUT2D eigenvalue weighted by atomic mass is 16.5. The van der Waals surface area contributed by atoms with Crippen LogP contribution in [0, 0.1) is 13.8 Å². The zero-order valence-electron chi connectivity index (χ0n) is 20.2. The van der Waals surface area contributed by atoms with E-state index < -0.39 is 42.1 Å². The number of nitrogens with zero attached hydrogens (tertiary/aromatic N) is 3. The number of hydrogen-bond donors (Lipinski definition) is 4. The van der Waals surface area contributed by atoms with E-state index in [1.54, 1.807) is 12.1 Å². The molecule has 0 saturated heterocycles. The monoisotopic (exact) mass is 488 g/mol. The summed E-state index contributed by atoms with van der Waals surface area (Å²) in [6.45, 7) is 5.03. The first-order valence-electron chi connectivity index (χ1n) is 11.7. The van der Waals surface area contributed by atoms with Crippen LogP contribution in [0.3, 0.4) is 0 Å². The normalized spacial score (nSPS) is 14.2. The number of carbonyl (C=O) groups excluding carboxylic acids is 1. The van der Waals surface area contributed by atoms with Gasteiger partial charge < -0.3 is 24.6 Å². The third kappa shape index (κ3) is 6.30. The number of aliphatic hydroxyl groups excluding tert-OH is 3. The number of ether oxygens (including phenoxy) is 1. The van der Waals surface area contributed by atoms with Crippen molar-refractivity contribution in [2.24, 2.45) is 0 Å². The van der Waals surface area contributed by atoms with E-state index in [0.29, 0.717) is 17.5 Å². The molecule has 0 bridgehead atoms. The molecule has 0 aromatic heterocycles. The van der Waals surface area contributed by atoms with Gasteiger partial charge in [0.25, 0.3) is 5.56 Å². The number of aromatic nitrogens is 4. The number of unbranched alkanes of at least 4 members (excludes halogenated alkanes) is 3. The van der Waals surface area contributed by atoms with Crippen molar-refractivity contribution in [1.29, 1.82) is 0 Å². The van der Waals surface area contributed by atoms with Gasteiger partial charge in [0, 0.05) is 6.42 Å². The quantitative estimate of drug-likeness (QED) is 0.173. The number of fused-ring (bicyclic) bond motifs is 2. The number of rotatable bonds is 11. The average molecular weight is 489 g/mol. The van der Waals surface area contributed by atoms with Gasteiger partial charge in [-0.2, -0.15) is 4.98 Å². The molecule has 11 nitrogen and oxygen atoms in total. The Morgan fingerprint density at radius 1 is 1.06 bits per heavy atom. The lowest BCUT2D eigenvalue weighted by Gasteiger charge is -2.25. The van der Waals surface area contributed by atoms with Crippen LogP contribution in [0.5, 0.6) is 0 Å². The van der Waals surface area contributed by atoms with Gasteiger partial charge in [-0.25, -0.2) is 9.78 Å². The molecule has 3 atom stereocenters. The van der Waals surface area contributed by atoms with Gasteiger partial charge in [-0.3, -0.25) is 14.6 Å². The molecule has 11 heteroatoms. The highest BCUT2D eigenvalue weighted by Crippen LogP contribution is 2.24. The summed E-state index contributed by atoms with van der Waals surface area (Å²) >= 11 is 0. The van der Waals surface area contributed by atoms with Crippen molar-refractivity contribution in [1.82, 2.24) is 19.5 Å². The van der Waals surface area contributed by atoms with Crippen molar-refractivity contribution in [3.8, 4) is 11.5 Å². The number of H-pyrrole nitrogens is 1. The van der Waals surface area contributed by atoms with Crippen molar-refractivity contribution >= 4 is 17.0 Å². The Morgan fingerprint density at radius 3 is 2.49 bits per heavy atom. The standard InChI is InChI=1S/C24H32N4O7/c1-4-5-6-7-8-19(31)35-12-18(30)21(32)17(29)11-28-16-10-14(3)13(2)9-15(16)25-20-22(28)26-24(34)27-23(20)33/h9-10,17-18,21,29-30,32H,4-8,11-12H2,1-3H3,(H,27,33,34)/t17-,18+,21-/m1/s1. The molecule has 2 aliphatic rings. The minimum absolute atomic E-state index is 0.0613. The predicted octanol–water partition coefficient (Wildman–Crippen LogP) is 0.798. The minimum atomic E-state index is -1.67. The molecule has 3 rings (SSSR count). The number of aryl methyl sites for hydroxylation is 2. The van der Waals surface area contributed by atoms with Gasteiger partial charge in [0.15, 0.2) is 11.5 Å². The maximum absolute atomic E-state index is 12.4. The second kappa shape index (κ2) is 11.5. The topological polar surface area (TPSA) is 168 Å². The number of hydrogen-bond acceptors (Lipinski definition) is 9. The van der Waals surface area contributed by atoms with E-state index in [1.165, 1.54) is 4.57 Å². The summed E-state index contributed by atoms with van der Waals surface area (Å²) < 4.78 is 6.45. The SMILES string of the molecule is CCCCCCC(=O)OC[C@H](O)[C@H](O)[C@H](O)Cn1c2nc(=O)[nH]c(=O)c-2nc2cc(C)c(C)cc21. The van der Waals surface area contributed by atoms with Gasteiger partial charge >= 0.3 is 11.7 Å². The molecule has 0 unspecified atom stereocenters.